The number of anilines is 1. The van der Waals surface area contributed by atoms with Gasteiger partial charge >= 0.3 is 0 Å². The first kappa shape index (κ1) is 17.0. The van der Waals surface area contributed by atoms with Gasteiger partial charge < -0.3 is 21.1 Å². The van der Waals surface area contributed by atoms with E-state index in [0.29, 0.717) is 11.3 Å². The Kier molecular flexibility index (Phi) is 5.51. The summed E-state index contributed by atoms with van der Waals surface area (Å²) in [7, 11) is 1.54. The Hall–Kier alpha value is -3.35. The molecule has 0 saturated heterocycles. The van der Waals surface area contributed by atoms with Gasteiger partial charge in [-0.2, -0.15) is 0 Å². The number of para-hydroxylation sites is 1. The molecule has 0 atom stereocenters. The fraction of sp³-hybridized carbons (Fsp3) is 0.118. The standard InChI is InChI=1S/C17H17N3O4/c1-19-17(23)11-6-8-12(9-7-11)20-15(21)10-24-14-5-3-2-4-13(14)16(18)22/h2-9H,10H2,1H3,(H2,18,22)(H,19,23)(H,20,21). The first-order valence-corrected chi connectivity index (χ1v) is 7.15. The molecule has 0 unspecified atom stereocenters. The second-order valence-corrected chi connectivity index (χ2v) is 4.85. The van der Waals surface area contributed by atoms with Crippen LogP contribution in [-0.4, -0.2) is 31.4 Å². The van der Waals surface area contributed by atoms with E-state index in [4.69, 9.17) is 10.5 Å². The smallest absolute Gasteiger partial charge is 0.262 e. The van der Waals surface area contributed by atoms with Gasteiger partial charge in [-0.05, 0) is 36.4 Å². The van der Waals surface area contributed by atoms with Crippen LogP contribution in [0.4, 0.5) is 5.69 Å². The van der Waals surface area contributed by atoms with Crippen LogP contribution < -0.4 is 21.1 Å². The van der Waals surface area contributed by atoms with Crippen LogP contribution in [0.25, 0.3) is 0 Å². The van der Waals surface area contributed by atoms with Crippen LogP contribution in [-0.2, 0) is 4.79 Å². The third-order valence-corrected chi connectivity index (χ3v) is 3.17. The van der Waals surface area contributed by atoms with Crippen molar-refractivity contribution in [3.63, 3.8) is 0 Å². The normalized spacial score (nSPS) is 9.88. The molecule has 24 heavy (non-hydrogen) atoms. The Labute approximate surface area is 138 Å². The lowest BCUT2D eigenvalue weighted by Crippen LogP contribution is -2.22. The maximum atomic E-state index is 11.9. The Bertz CT molecular complexity index is 757. The van der Waals surface area contributed by atoms with Gasteiger partial charge in [0.15, 0.2) is 6.61 Å². The average molecular weight is 327 g/mol. The van der Waals surface area contributed by atoms with E-state index in [2.05, 4.69) is 10.6 Å². The number of ether oxygens (including phenoxy) is 1. The second kappa shape index (κ2) is 7.77. The average Bonchev–Trinajstić information content (AvgIpc) is 2.60. The quantitative estimate of drug-likeness (QED) is 0.739. The van der Waals surface area contributed by atoms with Crippen molar-refractivity contribution < 1.29 is 19.1 Å². The van der Waals surface area contributed by atoms with Crippen molar-refractivity contribution in [1.82, 2.24) is 5.32 Å². The van der Waals surface area contributed by atoms with Gasteiger partial charge in [0.1, 0.15) is 5.75 Å². The number of primary amides is 1. The number of amides is 3. The zero-order valence-corrected chi connectivity index (χ0v) is 13.0. The summed E-state index contributed by atoms with van der Waals surface area (Å²) in [6.07, 6.45) is 0. The summed E-state index contributed by atoms with van der Waals surface area (Å²) in [6, 6.07) is 12.8. The summed E-state index contributed by atoms with van der Waals surface area (Å²) < 4.78 is 5.33. The summed E-state index contributed by atoms with van der Waals surface area (Å²) in [4.78, 5) is 34.6. The minimum absolute atomic E-state index is 0.209. The highest BCUT2D eigenvalue weighted by atomic mass is 16.5. The number of carbonyl (C=O) groups excluding carboxylic acids is 3. The third kappa shape index (κ3) is 4.33. The molecule has 0 saturated carbocycles. The van der Waals surface area contributed by atoms with E-state index < -0.39 is 11.8 Å². The van der Waals surface area contributed by atoms with Crippen molar-refractivity contribution in [3.8, 4) is 5.75 Å². The van der Waals surface area contributed by atoms with E-state index >= 15 is 0 Å². The molecule has 0 aliphatic heterocycles. The van der Waals surface area contributed by atoms with Crippen molar-refractivity contribution >= 4 is 23.4 Å². The molecule has 7 heteroatoms. The van der Waals surface area contributed by atoms with Gasteiger partial charge in [0.2, 0.25) is 0 Å². The van der Waals surface area contributed by atoms with Gasteiger partial charge in [-0.1, -0.05) is 12.1 Å². The van der Waals surface area contributed by atoms with Gasteiger partial charge in [-0.3, -0.25) is 14.4 Å². The molecule has 0 spiro atoms. The third-order valence-electron chi connectivity index (χ3n) is 3.17. The minimum atomic E-state index is -0.629. The number of hydrogen-bond acceptors (Lipinski definition) is 4. The number of nitrogens with two attached hydrogens (primary N) is 1. The molecule has 3 amide bonds. The first-order valence-electron chi connectivity index (χ1n) is 7.15. The monoisotopic (exact) mass is 327 g/mol. The maximum Gasteiger partial charge on any atom is 0.262 e. The molecule has 0 aliphatic rings. The number of benzene rings is 2. The molecule has 4 N–H and O–H groups in total. The van der Waals surface area contributed by atoms with Crippen LogP contribution in [0, 0.1) is 0 Å². The van der Waals surface area contributed by atoms with Gasteiger partial charge in [0.05, 0.1) is 5.56 Å². The molecule has 0 fully saturated rings. The van der Waals surface area contributed by atoms with E-state index in [0.717, 1.165) is 0 Å². The molecular formula is C17H17N3O4. The predicted octanol–water partition coefficient (Wildman–Crippen LogP) is 1.16. The van der Waals surface area contributed by atoms with E-state index in [1.54, 1.807) is 49.5 Å². The molecule has 2 aromatic rings. The second-order valence-electron chi connectivity index (χ2n) is 4.85. The van der Waals surface area contributed by atoms with Gasteiger partial charge in [-0.15, -0.1) is 0 Å². The molecule has 0 bridgehead atoms. The lowest BCUT2D eigenvalue weighted by molar-refractivity contribution is -0.118. The lowest BCUT2D eigenvalue weighted by atomic mass is 10.2. The highest BCUT2D eigenvalue weighted by Crippen LogP contribution is 2.17. The van der Waals surface area contributed by atoms with Gasteiger partial charge in [-0.25, -0.2) is 0 Å². The van der Waals surface area contributed by atoms with Crippen LogP contribution in [0.15, 0.2) is 48.5 Å². The SMILES string of the molecule is CNC(=O)c1ccc(NC(=O)COc2ccccc2C(N)=O)cc1. The molecule has 0 heterocycles. The van der Waals surface area contributed by atoms with Crippen LogP contribution in [0.5, 0.6) is 5.75 Å². The highest BCUT2D eigenvalue weighted by molar-refractivity contribution is 5.97. The van der Waals surface area contributed by atoms with Crippen molar-refractivity contribution in [2.75, 3.05) is 19.0 Å². The maximum absolute atomic E-state index is 11.9. The van der Waals surface area contributed by atoms with Crippen molar-refractivity contribution in [2.24, 2.45) is 5.73 Å². The summed E-state index contributed by atoms with van der Waals surface area (Å²) in [5.41, 5.74) is 6.47. The van der Waals surface area contributed by atoms with Gasteiger partial charge in [0, 0.05) is 18.3 Å². The molecule has 0 radical (unpaired) electrons. The van der Waals surface area contributed by atoms with Crippen LogP contribution in [0.2, 0.25) is 0 Å². The summed E-state index contributed by atoms with van der Waals surface area (Å²) in [5.74, 6) is -0.993. The Morgan fingerprint density at radius 3 is 2.33 bits per heavy atom. The fourth-order valence-corrected chi connectivity index (χ4v) is 1.99. The summed E-state index contributed by atoms with van der Waals surface area (Å²) in [5, 5.41) is 5.14. The zero-order chi connectivity index (χ0) is 17.5. The molecule has 0 aliphatic carbocycles. The molecule has 2 aromatic carbocycles. The molecule has 0 aromatic heterocycles. The van der Waals surface area contributed by atoms with Crippen molar-refractivity contribution in [2.45, 2.75) is 0 Å². The number of nitrogens with one attached hydrogen (secondary N) is 2. The zero-order valence-electron chi connectivity index (χ0n) is 13.0. The largest absolute Gasteiger partial charge is 0.483 e. The topological polar surface area (TPSA) is 111 Å². The van der Waals surface area contributed by atoms with E-state index in [-0.39, 0.29) is 23.8 Å². The highest BCUT2D eigenvalue weighted by Gasteiger charge is 2.11. The minimum Gasteiger partial charge on any atom is -0.483 e. The Morgan fingerprint density at radius 1 is 1.04 bits per heavy atom. The summed E-state index contributed by atoms with van der Waals surface area (Å²) >= 11 is 0. The predicted molar refractivity (Wildman–Crippen MR) is 88.9 cm³/mol. The van der Waals surface area contributed by atoms with E-state index in [1.165, 1.54) is 6.07 Å². The van der Waals surface area contributed by atoms with E-state index in [9.17, 15) is 14.4 Å². The van der Waals surface area contributed by atoms with Crippen LogP contribution in [0.1, 0.15) is 20.7 Å². The number of hydrogen-bond donors (Lipinski definition) is 3. The fourth-order valence-electron chi connectivity index (χ4n) is 1.99. The molecular weight excluding hydrogens is 310 g/mol. The molecule has 2 rings (SSSR count). The molecule has 124 valence electrons. The van der Waals surface area contributed by atoms with Crippen LogP contribution in [0.3, 0.4) is 0 Å². The number of rotatable bonds is 6. The van der Waals surface area contributed by atoms with Crippen LogP contribution >= 0.6 is 0 Å². The van der Waals surface area contributed by atoms with Gasteiger partial charge in [0.25, 0.3) is 17.7 Å². The molecule has 7 nitrogen and oxygen atoms in total. The number of carbonyl (C=O) groups is 3. The van der Waals surface area contributed by atoms with Crippen molar-refractivity contribution in [3.05, 3.63) is 59.7 Å². The first-order chi connectivity index (χ1) is 11.5. The lowest BCUT2D eigenvalue weighted by Gasteiger charge is -2.10. The Morgan fingerprint density at radius 2 is 1.71 bits per heavy atom. The van der Waals surface area contributed by atoms with Crippen molar-refractivity contribution in [1.29, 1.82) is 0 Å². The van der Waals surface area contributed by atoms with E-state index in [1.807, 2.05) is 0 Å². The summed E-state index contributed by atoms with van der Waals surface area (Å²) in [6.45, 7) is -0.276. The Balaban J connectivity index is 1.94.